The minimum absolute atomic E-state index is 0.102. The lowest BCUT2D eigenvalue weighted by Crippen LogP contribution is -2.12. The molecule has 0 aliphatic rings. The van der Waals surface area contributed by atoms with Crippen LogP contribution < -0.4 is 15.4 Å². The molecule has 0 aliphatic heterocycles. The van der Waals surface area contributed by atoms with Crippen LogP contribution in [-0.4, -0.2) is 18.9 Å². The van der Waals surface area contributed by atoms with E-state index >= 15 is 0 Å². The second kappa shape index (κ2) is 8.90. The summed E-state index contributed by atoms with van der Waals surface area (Å²) in [5, 5.41) is 5.52. The Hall–Kier alpha value is -3.54. The Labute approximate surface area is 163 Å². The minimum Gasteiger partial charge on any atom is -0.497 e. The number of hydrogen-bond acceptors (Lipinski definition) is 4. The molecule has 0 atom stereocenters. The minimum atomic E-state index is -0.135. The Morgan fingerprint density at radius 2 is 1.54 bits per heavy atom. The van der Waals surface area contributed by atoms with E-state index in [0.29, 0.717) is 24.2 Å². The van der Waals surface area contributed by atoms with Crippen LogP contribution in [0, 0.1) is 0 Å². The van der Waals surface area contributed by atoms with Crippen LogP contribution in [0.15, 0.2) is 65.1 Å². The van der Waals surface area contributed by atoms with Crippen LogP contribution >= 0.6 is 0 Å². The Morgan fingerprint density at radius 1 is 0.893 bits per heavy atom. The number of anilines is 2. The highest BCUT2D eigenvalue weighted by Crippen LogP contribution is 2.25. The summed E-state index contributed by atoms with van der Waals surface area (Å²) < 4.78 is 11.0. The zero-order valence-electron chi connectivity index (χ0n) is 15.8. The van der Waals surface area contributed by atoms with E-state index in [1.54, 1.807) is 31.4 Å². The maximum Gasteiger partial charge on any atom is 0.224 e. The number of aryl methyl sites for hydroxylation is 1. The number of methoxy groups -OCH3 is 1. The van der Waals surface area contributed by atoms with E-state index in [1.807, 2.05) is 36.4 Å². The monoisotopic (exact) mass is 378 g/mol. The van der Waals surface area contributed by atoms with E-state index in [4.69, 9.17) is 9.15 Å². The molecule has 2 amide bonds. The number of ether oxygens (including phenoxy) is 1. The van der Waals surface area contributed by atoms with Crippen LogP contribution in [-0.2, 0) is 16.0 Å². The first-order valence-corrected chi connectivity index (χ1v) is 8.94. The molecule has 2 N–H and O–H groups in total. The van der Waals surface area contributed by atoms with Crippen molar-refractivity contribution in [1.29, 1.82) is 0 Å². The summed E-state index contributed by atoms with van der Waals surface area (Å²) in [5.41, 5.74) is 2.32. The summed E-state index contributed by atoms with van der Waals surface area (Å²) in [6.45, 7) is 1.45. The lowest BCUT2D eigenvalue weighted by atomic mass is 10.2. The van der Waals surface area contributed by atoms with Crippen LogP contribution in [0.3, 0.4) is 0 Å². The number of benzene rings is 2. The van der Waals surface area contributed by atoms with Crippen LogP contribution in [0.2, 0.25) is 0 Å². The fourth-order valence-corrected chi connectivity index (χ4v) is 2.72. The smallest absolute Gasteiger partial charge is 0.224 e. The second-order valence-electron chi connectivity index (χ2n) is 6.30. The summed E-state index contributed by atoms with van der Waals surface area (Å²) in [4.78, 5) is 23.2. The normalized spacial score (nSPS) is 10.4. The highest BCUT2D eigenvalue weighted by atomic mass is 16.5. The van der Waals surface area contributed by atoms with Crippen molar-refractivity contribution in [3.8, 4) is 17.1 Å². The van der Waals surface area contributed by atoms with E-state index in [9.17, 15) is 9.59 Å². The van der Waals surface area contributed by atoms with Gasteiger partial charge in [-0.25, -0.2) is 0 Å². The average molecular weight is 378 g/mol. The Balaban J connectivity index is 1.52. The SMILES string of the molecule is COc1ccc(-c2ccc(CCC(=O)Nc3ccc(NC(C)=O)cc3)o2)cc1. The van der Waals surface area contributed by atoms with Gasteiger partial charge in [0.15, 0.2) is 0 Å². The second-order valence-corrected chi connectivity index (χ2v) is 6.30. The molecule has 0 saturated carbocycles. The molecule has 0 bridgehead atoms. The third kappa shape index (κ3) is 5.23. The molecule has 0 aliphatic carbocycles. The highest BCUT2D eigenvalue weighted by molar-refractivity contribution is 5.92. The lowest BCUT2D eigenvalue weighted by Gasteiger charge is -2.06. The first kappa shape index (κ1) is 19.2. The van der Waals surface area contributed by atoms with Gasteiger partial charge in [-0.1, -0.05) is 0 Å². The van der Waals surface area contributed by atoms with Gasteiger partial charge in [0.1, 0.15) is 17.3 Å². The Kier molecular flexibility index (Phi) is 6.11. The van der Waals surface area contributed by atoms with Crippen LogP contribution in [0.5, 0.6) is 5.75 Å². The van der Waals surface area contributed by atoms with Gasteiger partial charge in [-0.3, -0.25) is 9.59 Å². The predicted molar refractivity (Wildman–Crippen MR) is 108 cm³/mol. The van der Waals surface area contributed by atoms with E-state index in [1.165, 1.54) is 6.92 Å². The zero-order valence-corrected chi connectivity index (χ0v) is 15.8. The molecular formula is C22H22N2O4. The fraction of sp³-hybridized carbons (Fsp3) is 0.182. The molecule has 3 aromatic rings. The van der Waals surface area contributed by atoms with E-state index in [2.05, 4.69) is 10.6 Å². The van der Waals surface area contributed by atoms with Crippen molar-refractivity contribution >= 4 is 23.2 Å². The molecule has 0 saturated heterocycles. The molecular weight excluding hydrogens is 356 g/mol. The van der Waals surface area contributed by atoms with Crippen molar-refractivity contribution in [3.05, 3.63) is 66.4 Å². The van der Waals surface area contributed by atoms with Crippen molar-refractivity contribution in [2.75, 3.05) is 17.7 Å². The zero-order chi connectivity index (χ0) is 19.9. The number of nitrogens with one attached hydrogen (secondary N) is 2. The third-order valence-corrected chi connectivity index (χ3v) is 4.12. The highest BCUT2D eigenvalue weighted by Gasteiger charge is 2.08. The Morgan fingerprint density at radius 3 is 2.14 bits per heavy atom. The van der Waals surface area contributed by atoms with Crippen LogP contribution in [0.1, 0.15) is 19.1 Å². The van der Waals surface area contributed by atoms with Crippen molar-refractivity contribution in [2.24, 2.45) is 0 Å². The molecule has 1 aromatic heterocycles. The van der Waals surface area contributed by atoms with Crippen molar-refractivity contribution in [2.45, 2.75) is 19.8 Å². The molecule has 28 heavy (non-hydrogen) atoms. The summed E-state index contributed by atoms with van der Waals surface area (Å²) in [5.74, 6) is 2.06. The first-order valence-electron chi connectivity index (χ1n) is 8.94. The van der Waals surface area contributed by atoms with Gasteiger partial charge in [-0.05, 0) is 60.7 Å². The van der Waals surface area contributed by atoms with Crippen LogP contribution in [0.4, 0.5) is 11.4 Å². The number of hydrogen-bond donors (Lipinski definition) is 2. The molecule has 144 valence electrons. The molecule has 6 nitrogen and oxygen atoms in total. The first-order chi connectivity index (χ1) is 13.5. The van der Waals surface area contributed by atoms with Crippen molar-refractivity contribution < 1.29 is 18.7 Å². The van der Waals surface area contributed by atoms with Crippen molar-refractivity contribution in [3.63, 3.8) is 0 Å². The van der Waals surface area contributed by atoms with E-state index in [0.717, 1.165) is 22.8 Å². The standard InChI is InChI=1S/C22H22N2O4/c1-15(25)23-17-5-7-18(8-6-17)24-22(26)14-12-20-11-13-21(28-20)16-3-9-19(27-2)10-4-16/h3-11,13H,12,14H2,1-2H3,(H,23,25)(H,24,26). The molecule has 3 rings (SSSR count). The van der Waals surface area contributed by atoms with Gasteiger partial charge in [0, 0.05) is 36.7 Å². The maximum atomic E-state index is 12.2. The predicted octanol–water partition coefficient (Wildman–Crippen LogP) is 4.48. The molecule has 0 fully saturated rings. The number of carbonyl (C=O) groups excluding carboxylic acids is 2. The fourth-order valence-electron chi connectivity index (χ4n) is 2.72. The summed E-state index contributed by atoms with van der Waals surface area (Å²) in [6.07, 6.45) is 0.814. The topological polar surface area (TPSA) is 80.6 Å². The van der Waals surface area contributed by atoms with Gasteiger partial charge in [0.25, 0.3) is 0 Å². The van der Waals surface area contributed by atoms with Gasteiger partial charge in [-0.2, -0.15) is 0 Å². The number of furan rings is 1. The summed E-state index contributed by atoms with van der Waals surface area (Å²) in [7, 11) is 1.63. The molecule has 1 heterocycles. The largest absolute Gasteiger partial charge is 0.497 e. The van der Waals surface area contributed by atoms with E-state index < -0.39 is 0 Å². The van der Waals surface area contributed by atoms with Gasteiger partial charge in [-0.15, -0.1) is 0 Å². The van der Waals surface area contributed by atoms with Gasteiger partial charge in [0.2, 0.25) is 11.8 Å². The van der Waals surface area contributed by atoms with Crippen LogP contribution in [0.25, 0.3) is 11.3 Å². The molecule has 0 unspecified atom stereocenters. The number of carbonyl (C=O) groups is 2. The summed E-state index contributed by atoms with van der Waals surface area (Å²) in [6, 6.07) is 18.4. The van der Waals surface area contributed by atoms with E-state index in [-0.39, 0.29) is 11.8 Å². The molecule has 2 aromatic carbocycles. The lowest BCUT2D eigenvalue weighted by molar-refractivity contribution is -0.116. The summed E-state index contributed by atoms with van der Waals surface area (Å²) >= 11 is 0. The average Bonchev–Trinajstić information content (AvgIpc) is 3.17. The molecule has 0 radical (unpaired) electrons. The van der Waals surface area contributed by atoms with Crippen molar-refractivity contribution in [1.82, 2.24) is 0 Å². The van der Waals surface area contributed by atoms with Gasteiger partial charge in [0.05, 0.1) is 7.11 Å². The quantitative estimate of drug-likeness (QED) is 0.635. The number of rotatable bonds is 7. The molecule has 6 heteroatoms. The van der Waals surface area contributed by atoms with Gasteiger partial charge < -0.3 is 19.8 Å². The third-order valence-electron chi connectivity index (χ3n) is 4.12. The van der Waals surface area contributed by atoms with Gasteiger partial charge >= 0.3 is 0 Å². The number of amides is 2. The Bertz CT molecular complexity index is 943. The maximum absolute atomic E-state index is 12.2. The molecule has 0 spiro atoms.